The summed E-state index contributed by atoms with van der Waals surface area (Å²) in [5, 5.41) is 8.46. The quantitative estimate of drug-likeness (QED) is 0.331. The molecule has 0 radical (unpaired) electrons. The van der Waals surface area contributed by atoms with E-state index in [1.165, 1.54) is 5.57 Å². The number of methoxy groups -OCH3 is 1. The molecule has 0 bridgehead atoms. The Morgan fingerprint density at radius 2 is 1.58 bits per heavy atom. The Morgan fingerprint density at radius 1 is 0.939 bits per heavy atom. The van der Waals surface area contributed by atoms with Gasteiger partial charge < -0.3 is 9.84 Å². The van der Waals surface area contributed by atoms with Gasteiger partial charge in [-0.3, -0.25) is 0 Å². The predicted molar refractivity (Wildman–Crippen MR) is 139 cm³/mol. The van der Waals surface area contributed by atoms with Crippen molar-refractivity contribution >= 4 is 9.84 Å². The number of benzene rings is 1. The first kappa shape index (κ1) is 29.1. The monoisotopic (exact) mass is 474 g/mol. The van der Waals surface area contributed by atoms with E-state index < -0.39 is 15.1 Å². The van der Waals surface area contributed by atoms with Crippen LogP contribution in [0.1, 0.15) is 65.9 Å². The second-order valence-corrected chi connectivity index (χ2v) is 11.3. The van der Waals surface area contributed by atoms with Crippen molar-refractivity contribution in [3.63, 3.8) is 0 Å². The molecule has 0 spiro atoms. The summed E-state index contributed by atoms with van der Waals surface area (Å²) in [6.07, 6.45) is 10.5. The van der Waals surface area contributed by atoms with E-state index in [0.717, 1.165) is 35.1 Å². The Labute approximate surface area is 201 Å². The minimum atomic E-state index is -3.54. The molecule has 0 heterocycles. The summed E-state index contributed by atoms with van der Waals surface area (Å²) in [7, 11) is -1.89. The van der Waals surface area contributed by atoms with Crippen LogP contribution < -0.4 is 0 Å². The van der Waals surface area contributed by atoms with Crippen LogP contribution in [0.25, 0.3) is 0 Å². The summed E-state index contributed by atoms with van der Waals surface area (Å²) in [6, 6.07) is 7.08. The summed E-state index contributed by atoms with van der Waals surface area (Å²) in [5.41, 5.74) is 5.37. The van der Waals surface area contributed by atoms with E-state index >= 15 is 0 Å². The normalized spacial score (nSPS) is 15.3. The van der Waals surface area contributed by atoms with Crippen molar-refractivity contribution in [1.29, 1.82) is 0 Å². The lowest BCUT2D eigenvalue weighted by Gasteiger charge is -2.18. The SMILES string of the molecule is COC(/C=C(\C)CC(/C=C(\C)CCC=C(C)C)S(=O)(=O)c1ccc(C)cc1)C/C(C)=C\CO. The fraction of sp³-hybridized carbons (Fsp3) is 0.500. The number of hydrogen-bond acceptors (Lipinski definition) is 4. The van der Waals surface area contributed by atoms with Crippen LogP contribution in [0.3, 0.4) is 0 Å². The Hall–Kier alpha value is -1.95. The van der Waals surface area contributed by atoms with Gasteiger partial charge in [0.25, 0.3) is 0 Å². The number of aliphatic hydroxyl groups excluding tert-OH is 1. The fourth-order valence-corrected chi connectivity index (χ4v) is 5.38. The molecular weight excluding hydrogens is 432 g/mol. The van der Waals surface area contributed by atoms with Crippen LogP contribution in [0.5, 0.6) is 0 Å². The fourth-order valence-electron chi connectivity index (χ4n) is 3.62. The van der Waals surface area contributed by atoms with E-state index in [0.29, 0.717) is 17.7 Å². The van der Waals surface area contributed by atoms with Gasteiger partial charge in [0.05, 0.1) is 22.9 Å². The molecule has 5 heteroatoms. The third-order valence-corrected chi connectivity index (χ3v) is 7.60. The molecule has 2 unspecified atom stereocenters. The standard InChI is InChI=1S/C28H42O4S/c1-21(2)9-8-10-23(4)19-28(33(30,31)27-13-11-22(3)12-14-27)20-25(6)18-26(32-7)17-24(5)15-16-29/h9,11-15,18-19,26,28-29H,8,10,16-17,20H2,1-7H3/b23-19+,24-15-,25-18+. The highest BCUT2D eigenvalue weighted by atomic mass is 32.2. The first-order valence-corrected chi connectivity index (χ1v) is 13.1. The average Bonchev–Trinajstić information content (AvgIpc) is 2.73. The van der Waals surface area contributed by atoms with Crippen LogP contribution in [-0.4, -0.2) is 38.6 Å². The molecule has 1 aromatic carbocycles. The lowest BCUT2D eigenvalue weighted by molar-refractivity contribution is 0.140. The second kappa shape index (κ2) is 14.3. The lowest BCUT2D eigenvalue weighted by Crippen LogP contribution is -2.21. The van der Waals surface area contributed by atoms with Gasteiger partial charge in [0, 0.05) is 7.11 Å². The van der Waals surface area contributed by atoms with Crippen molar-refractivity contribution in [2.75, 3.05) is 13.7 Å². The summed E-state index contributed by atoms with van der Waals surface area (Å²) < 4.78 is 32.7. The third-order valence-electron chi connectivity index (χ3n) is 5.57. The van der Waals surface area contributed by atoms with Gasteiger partial charge in [-0.25, -0.2) is 8.42 Å². The van der Waals surface area contributed by atoms with Crippen molar-refractivity contribution in [1.82, 2.24) is 0 Å². The minimum Gasteiger partial charge on any atom is -0.392 e. The largest absolute Gasteiger partial charge is 0.392 e. The van der Waals surface area contributed by atoms with Crippen LogP contribution in [0.15, 0.2) is 75.8 Å². The van der Waals surface area contributed by atoms with Crippen LogP contribution >= 0.6 is 0 Å². The van der Waals surface area contributed by atoms with E-state index in [4.69, 9.17) is 9.84 Å². The molecule has 1 N–H and O–H groups in total. The summed E-state index contributed by atoms with van der Waals surface area (Å²) in [6.45, 7) is 12.0. The molecule has 4 nitrogen and oxygen atoms in total. The van der Waals surface area contributed by atoms with Gasteiger partial charge in [-0.05, 0) is 79.4 Å². The number of sulfone groups is 1. The lowest BCUT2D eigenvalue weighted by atomic mass is 10.0. The highest BCUT2D eigenvalue weighted by Crippen LogP contribution is 2.25. The molecule has 0 aliphatic carbocycles. The zero-order chi connectivity index (χ0) is 25.0. The molecule has 0 aliphatic rings. The predicted octanol–water partition coefficient (Wildman–Crippen LogP) is 6.51. The Kier molecular flexibility index (Phi) is 12.6. The summed E-state index contributed by atoms with van der Waals surface area (Å²) in [5.74, 6) is 0. The minimum absolute atomic E-state index is 0.00134. The maximum absolute atomic E-state index is 13.6. The molecular formula is C28H42O4S. The first-order valence-electron chi connectivity index (χ1n) is 11.6. The average molecular weight is 475 g/mol. The van der Waals surface area contributed by atoms with E-state index in [1.807, 2.05) is 52.0 Å². The molecule has 0 saturated carbocycles. The number of hydrogen-bond donors (Lipinski definition) is 1. The van der Waals surface area contributed by atoms with Crippen LogP contribution in [0.4, 0.5) is 0 Å². The first-order chi connectivity index (χ1) is 15.5. The molecule has 184 valence electrons. The molecule has 33 heavy (non-hydrogen) atoms. The molecule has 0 aromatic heterocycles. The van der Waals surface area contributed by atoms with Gasteiger partial charge in [0.1, 0.15) is 0 Å². The number of aliphatic hydroxyl groups is 1. The molecule has 0 aliphatic heterocycles. The third kappa shape index (κ3) is 10.7. The molecule has 1 rings (SSSR count). The van der Waals surface area contributed by atoms with Gasteiger partial charge in [-0.15, -0.1) is 0 Å². The highest BCUT2D eigenvalue weighted by molar-refractivity contribution is 7.92. The Morgan fingerprint density at radius 3 is 2.12 bits per heavy atom. The Balaban J connectivity index is 3.24. The van der Waals surface area contributed by atoms with E-state index in [1.54, 1.807) is 25.3 Å². The maximum Gasteiger partial charge on any atom is 0.185 e. The van der Waals surface area contributed by atoms with E-state index in [2.05, 4.69) is 19.9 Å². The zero-order valence-electron chi connectivity index (χ0n) is 21.4. The van der Waals surface area contributed by atoms with Gasteiger partial charge in [0.2, 0.25) is 0 Å². The zero-order valence-corrected chi connectivity index (χ0v) is 22.2. The highest BCUT2D eigenvalue weighted by Gasteiger charge is 2.26. The van der Waals surface area contributed by atoms with Gasteiger partial charge >= 0.3 is 0 Å². The molecule has 0 amide bonds. The summed E-state index contributed by atoms with van der Waals surface area (Å²) >= 11 is 0. The molecule has 2 atom stereocenters. The van der Waals surface area contributed by atoms with Crippen LogP contribution in [0.2, 0.25) is 0 Å². The van der Waals surface area contributed by atoms with Crippen molar-refractivity contribution in [2.45, 2.75) is 83.5 Å². The van der Waals surface area contributed by atoms with Gasteiger partial charge in [-0.1, -0.05) is 64.3 Å². The van der Waals surface area contributed by atoms with E-state index in [-0.39, 0.29) is 12.7 Å². The second-order valence-electron chi connectivity index (χ2n) is 9.16. The summed E-state index contributed by atoms with van der Waals surface area (Å²) in [4.78, 5) is 0.351. The molecule has 0 saturated heterocycles. The van der Waals surface area contributed by atoms with Crippen molar-refractivity contribution in [2.24, 2.45) is 0 Å². The van der Waals surface area contributed by atoms with Crippen LogP contribution in [-0.2, 0) is 14.6 Å². The molecule has 1 aromatic rings. The maximum atomic E-state index is 13.6. The van der Waals surface area contributed by atoms with Crippen LogP contribution in [0, 0.1) is 6.92 Å². The van der Waals surface area contributed by atoms with Crippen molar-refractivity contribution in [3.05, 3.63) is 76.4 Å². The number of allylic oxidation sites excluding steroid dienone is 4. The molecule has 0 fully saturated rings. The number of ether oxygens (including phenoxy) is 1. The van der Waals surface area contributed by atoms with Gasteiger partial charge in [0.15, 0.2) is 9.84 Å². The number of rotatable bonds is 13. The smallest absolute Gasteiger partial charge is 0.185 e. The topological polar surface area (TPSA) is 63.6 Å². The Bertz CT molecular complexity index is 960. The van der Waals surface area contributed by atoms with Crippen molar-refractivity contribution in [3.8, 4) is 0 Å². The van der Waals surface area contributed by atoms with E-state index in [9.17, 15) is 8.42 Å². The van der Waals surface area contributed by atoms with Crippen molar-refractivity contribution < 1.29 is 18.3 Å². The van der Waals surface area contributed by atoms with Gasteiger partial charge in [-0.2, -0.15) is 0 Å². The number of aryl methyl sites for hydroxylation is 1.